The number of amides is 2. The number of furan rings is 1. The van der Waals surface area contributed by atoms with E-state index in [2.05, 4.69) is 15.2 Å². The molecule has 230 valence electrons. The van der Waals surface area contributed by atoms with E-state index in [-0.39, 0.29) is 35.2 Å². The minimum Gasteiger partial charge on any atom is -0.475 e. The zero-order chi connectivity index (χ0) is 31.3. The van der Waals surface area contributed by atoms with Crippen LogP contribution in [-0.4, -0.2) is 60.7 Å². The molecule has 0 radical (unpaired) electrons. The Morgan fingerprint density at radius 2 is 1.78 bits per heavy atom. The average Bonchev–Trinajstić information content (AvgIpc) is 3.39. The Morgan fingerprint density at radius 1 is 1.02 bits per heavy atom. The SMILES string of the molecule is Cc1cnc(N2CC3(CCOCC3)C2)c(C(=O)Nc2ccc(C(=O)N3CCc4cc(C(=O)O)oc4-c4ccc(F)cc43)cc2)c1. The van der Waals surface area contributed by atoms with Crippen molar-refractivity contribution < 1.29 is 33.0 Å². The lowest BCUT2D eigenvalue weighted by Gasteiger charge is -2.53. The van der Waals surface area contributed by atoms with Gasteiger partial charge in [-0.2, -0.15) is 0 Å². The van der Waals surface area contributed by atoms with E-state index in [1.807, 2.05) is 13.0 Å². The number of rotatable bonds is 5. The average molecular weight is 611 g/mol. The number of anilines is 3. The molecule has 2 aromatic heterocycles. The third-order valence-corrected chi connectivity index (χ3v) is 8.91. The van der Waals surface area contributed by atoms with Crippen LogP contribution in [0.15, 0.2) is 65.2 Å². The molecule has 4 aromatic rings. The van der Waals surface area contributed by atoms with Gasteiger partial charge in [0.15, 0.2) is 0 Å². The molecule has 3 aliphatic rings. The van der Waals surface area contributed by atoms with Gasteiger partial charge < -0.3 is 29.4 Å². The molecule has 0 aliphatic carbocycles. The first-order valence-corrected chi connectivity index (χ1v) is 14.9. The number of carbonyl (C=O) groups is 3. The van der Waals surface area contributed by atoms with Crippen LogP contribution in [0.3, 0.4) is 0 Å². The van der Waals surface area contributed by atoms with Crippen molar-refractivity contribution in [2.45, 2.75) is 26.2 Å². The Bertz CT molecular complexity index is 1820. The van der Waals surface area contributed by atoms with Crippen LogP contribution in [0.25, 0.3) is 11.3 Å². The van der Waals surface area contributed by atoms with Crippen LogP contribution in [-0.2, 0) is 11.2 Å². The topological polar surface area (TPSA) is 125 Å². The Hall–Kier alpha value is -5.03. The summed E-state index contributed by atoms with van der Waals surface area (Å²) in [6, 6.07) is 13.8. The monoisotopic (exact) mass is 610 g/mol. The normalized spacial score (nSPS) is 16.8. The first-order chi connectivity index (χ1) is 21.7. The predicted octanol–water partition coefficient (Wildman–Crippen LogP) is 5.56. The zero-order valence-corrected chi connectivity index (χ0v) is 24.6. The molecule has 2 N–H and O–H groups in total. The van der Waals surface area contributed by atoms with Gasteiger partial charge in [0.25, 0.3) is 11.8 Å². The second-order valence-corrected chi connectivity index (χ2v) is 12.0. The van der Waals surface area contributed by atoms with Crippen LogP contribution in [0.4, 0.5) is 21.6 Å². The molecule has 7 rings (SSSR count). The van der Waals surface area contributed by atoms with E-state index in [0.29, 0.717) is 45.9 Å². The lowest BCUT2D eigenvalue weighted by molar-refractivity contribution is -0.000512. The van der Waals surface area contributed by atoms with Gasteiger partial charge in [-0.3, -0.25) is 9.59 Å². The number of aromatic carboxylic acids is 1. The number of halogens is 1. The predicted molar refractivity (Wildman–Crippen MR) is 165 cm³/mol. The maximum atomic E-state index is 14.4. The van der Waals surface area contributed by atoms with Crippen LogP contribution in [0.1, 0.15) is 55.2 Å². The van der Waals surface area contributed by atoms with Crippen molar-refractivity contribution in [3.63, 3.8) is 0 Å². The lowest BCUT2D eigenvalue weighted by atomic mass is 9.73. The van der Waals surface area contributed by atoms with E-state index in [1.54, 1.807) is 30.5 Å². The van der Waals surface area contributed by atoms with Gasteiger partial charge in [0.05, 0.1) is 11.3 Å². The molecule has 0 atom stereocenters. The highest BCUT2D eigenvalue weighted by Crippen LogP contribution is 2.43. The molecule has 1 spiro atoms. The molecule has 45 heavy (non-hydrogen) atoms. The Balaban J connectivity index is 1.09. The molecule has 3 aliphatic heterocycles. The molecule has 5 heterocycles. The molecule has 0 saturated carbocycles. The number of carboxylic acids is 1. The van der Waals surface area contributed by atoms with Crippen LogP contribution in [0.5, 0.6) is 0 Å². The number of nitrogens with zero attached hydrogens (tertiary/aromatic N) is 3. The van der Waals surface area contributed by atoms with Gasteiger partial charge in [0, 0.05) is 66.8 Å². The first-order valence-electron chi connectivity index (χ1n) is 14.9. The highest BCUT2D eigenvalue weighted by molar-refractivity contribution is 6.10. The Kier molecular flexibility index (Phi) is 7.12. The maximum Gasteiger partial charge on any atom is 0.371 e. The number of nitrogens with one attached hydrogen (secondary N) is 1. The summed E-state index contributed by atoms with van der Waals surface area (Å²) in [5, 5.41) is 12.3. The van der Waals surface area contributed by atoms with Gasteiger partial charge in [0.2, 0.25) is 5.76 Å². The summed E-state index contributed by atoms with van der Waals surface area (Å²) in [6.07, 6.45) is 4.11. The van der Waals surface area contributed by atoms with Crippen molar-refractivity contribution in [1.82, 2.24) is 4.98 Å². The number of aromatic nitrogens is 1. The summed E-state index contributed by atoms with van der Waals surface area (Å²) in [5.74, 6) is -1.65. The minimum absolute atomic E-state index is 0.188. The lowest BCUT2D eigenvalue weighted by Crippen LogP contribution is -2.59. The third kappa shape index (κ3) is 5.33. The number of carboxylic acid groups (broad SMARTS) is 1. The van der Waals surface area contributed by atoms with Crippen LogP contribution >= 0.6 is 0 Å². The summed E-state index contributed by atoms with van der Waals surface area (Å²) in [5.41, 5.74) is 3.78. The maximum absolute atomic E-state index is 14.4. The van der Waals surface area contributed by atoms with E-state index in [0.717, 1.165) is 44.7 Å². The van der Waals surface area contributed by atoms with Gasteiger partial charge >= 0.3 is 5.97 Å². The van der Waals surface area contributed by atoms with Gasteiger partial charge in [-0.25, -0.2) is 14.2 Å². The molecule has 0 unspecified atom stereocenters. The molecular formula is C34H31FN4O6. The van der Waals surface area contributed by atoms with E-state index >= 15 is 0 Å². The Labute approximate surface area is 258 Å². The fourth-order valence-electron chi connectivity index (χ4n) is 6.50. The molecule has 11 heteroatoms. The van der Waals surface area contributed by atoms with Crippen LogP contribution in [0, 0.1) is 18.2 Å². The quantitative estimate of drug-likeness (QED) is 0.301. The van der Waals surface area contributed by atoms with Crippen molar-refractivity contribution >= 4 is 35.0 Å². The first kappa shape index (κ1) is 28.7. The third-order valence-electron chi connectivity index (χ3n) is 8.91. The number of pyridine rings is 1. The molecule has 0 bridgehead atoms. The van der Waals surface area contributed by atoms with Crippen molar-refractivity contribution in [3.05, 3.63) is 94.6 Å². The highest BCUT2D eigenvalue weighted by Gasteiger charge is 2.45. The molecule has 2 fully saturated rings. The number of carbonyl (C=O) groups excluding carboxylic acids is 2. The zero-order valence-electron chi connectivity index (χ0n) is 24.6. The van der Waals surface area contributed by atoms with Gasteiger partial charge in [-0.05, 0) is 86.3 Å². The summed E-state index contributed by atoms with van der Waals surface area (Å²) in [4.78, 5) is 46.9. The van der Waals surface area contributed by atoms with Gasteiger partial charge in [-0.1, -0.05) is 0 Å². The van der Waals surface area contributed by atoms with E-state index in [1.165, 1.54) is 29.2 Å². The number of fused-ring (bicyclic) bond motifs is 3. The van der Waals surface area contributed by atoms with Crippen LogP contribution < -0.4 is 15.1 Å². The number of ether oxygens (including phenoxy) is 1. The fraction of sp³-hybridized carbons (Fsp3) is 0.294. The minimum atomic E-state index is -1.20. The van der Waals surface area contributed by atoms with Gasteiger partial charge in [0.1, 0.15) is 17.4 Å². The van der Waals surface area contributed by atoms with E-state index in [9.17, 15) is 23.9 Å². The van der Waals surface area contributed by atoms with Crippen molar-refractivity contribution in [1.29, 1.82) is 0 Å². The van der Waals surface area contributed by atoms with Crippen molar-refractivity contribution in [2.24, 2.45) is 5.41 Å². The largest absolute Gasteiger partial charge is 0.475 e. The molecule has 2 saturated heterocycles. The Morgan fingerprint density at radius 3 is 2.51 bits per heavy atom. The number of hydrogen-bond donors (Lipinski definition) is 2. The molecule has 2 amide bonds. The number of benzene rings is 2. The summed E-state index contributed by atoms with van der Waals surface area (Å²) < 4.78 is 25.5. The number of aryl methyl sites for hydroxylation is 1. The van der Waals surface area contributed by atoms with Crippen LogP contribution in [0.2, 0.25) is 0 Å². The molecule has 10 nitrogen and oxygen atoms in total. The van der Waals surface area contributed by atoms with E-state index < -0.39 is 11.8 Å². The molecule has 2 aromatic carbocycles. The second-order valence-electron chi connectivity index (χ2n) is 12.0. The van der Waals surface area contributed by atoms with Crippen molar-refractivity contribution in [3.8, 4) is 11.3 Å². The summed E-state index contributed by atoms with van der Waals surface area (Å²) >= 11 is 0. The highest BCUT2D eigenvalue weighted by atomic mass is 19.1. The standard InChI is InChI=1S/C34H31FN4O6/c1-20-14-26(30(36-17-20)38-18-34(19-38)9-12-44-13-10-34)31(40)37-24-5-2-21(3-6-24)32(41)39-11-8-22-15-28(33(42)43)45-29(22)25-7-4-23(35)16-27(25)39/h2-7,14-17H,8-13,18-19H2,1H3,(H,37,40)(H,42,43). The summed E-state index contributed by atoms with van der Waals surface area (Å²) in [7, 11) is 0. The van der Waals surface area contributed by atoms with E-state index in [4.69, 9.17) is 9.15 Å². The molecular weight excluding hydrogens is 579 g/mol. The number of hydrogen-bond acceptors (Lipinski definition) is 7. The smallest absolute Gasteiger partial charge is 0.371 e. The summed E-state index contributed by atoms with van der Waals surface area (Å²) in [6.45, 7) is 5.30. The fourth-order valence-corrected chi connectivity index (χ4v) is 6.50. The second kappa shape index (κ2) is 11.2. The van der Waals surface area contributed by atoms with Crippen molar-refractivity contribution in [2.75, 3.05) is 48.0 Å². The van der Waals surface area contributed by atoms with Gasteiger partial charge in [-0.15, -0.1) is 0 Å².